The van der Waals surface area contributed by atoms with Crippen LogP contribution in [0.4, 0.5) is 0 Å². The van der Waals surface area contributed by atoms with Crippen molar-refractivity contribution in [1.82, 2.24) is 10.2 Å². The van der Waals surface area contributed by atoms with E-state index in [0.29, 0.717) is 0 Å². The molecule has 1 aliphatic rings. The van der Waals surface area contributed by atoms with Crippen LogP contribution in [0.5, 0.6) is 0 Å². The van der Waals surface area contributed by atoms with E-state index in [9.17, 15) is 5.11 Å². The first-order chi connectivity index (χ1) is 9.14. The molecule has 19 heavy (non-hydrogen) atoms. The molecule has 1 unspecified atom stereocenters. The molecular weight excluding hydrogens is 304 g/mol. The lowest BCUT2D eigenvalue weighted by Crippen LogP contribution is -2.52. The molecule has 0 amide bonds. The summed E-state index contributed by atoms with van der Waals surface area (Å²) in [6.45, 7) is 6.52. The first-order valence-corrected chi connectivity index (χ1v) is 7.74. The van der Waals surface area contributed by atoms with Gasteiger partial charge in [0.25, 0.3) is 0 Å². The minimum Gasteiger partial charge on any atom is -0.394 e. The van der Waals surface area contributed by atoms with E-state index >= 15 is 0 Å². The lowest BCUT2D eigenvalue weighted by atomic mass is 9.91. The van der Waals surface area contributed by atoms with Crippen LogP contribution in [0.1, 0.15) is 18.9 Å². The monoisotopic (exact) mass is 326 g/mol. The molecule has 3 nitrogen and oxygen atoms in total. The summed E-state index contributed by atoms with van der Waals surface area (Å²) in [6, 6.07) is 8.40. The SMILES string of the molecule is CC(CO)(Cc1ccc(Br)cc1)N1CCCNCC1. The molecule has 0 aliphatic carbocycles. The maximum absolute atomic E-state index is 9.87. The van der Waals surface area contributed by atoms with E-state index in [4.69, 9.17) is 0 Å². The summed E-state index contributed by atoms with van der Waals surface area (Å²) in [5, 5.41) is 13.3. The Morgan fingerprint density at radius 2 is 2.00 bits per heavy atom. The standard InChI is InChI=1S/C15H23BrN2O/c1-15(12-19,18-9-2-7-17-8-10-18)11-13-3-5-14(16)6-4-13/h3-6,17,19H,2,7-12H2,1H3. The summed E-state index contributed by atoms with van der Waals surface area (Å²) in [7, 11) is 0. The molecule has 1 atom stereocenters. The minimum atomic E-state index is -0.167. The summed E-state index contributed by atoms with van der Waals surface area (Å²) in [4.78, 5) is 2.43. The fraction of sp³-hybridized carbons (Fsp3) is 0.600. The number of halogens is 1. The molecule has 4 heteroatoms. The van der Waals surface area contributed by atoms with E-state index in [0.717, 1.165) is 43.5 Å². The zero-order valence-electron chi connectivity index (χ0n) is 11.5. The van der Waals surface area contributed by atoms with Gasteiger partial charge in [-0.25, -0.2) is 0 Å². The number of hydrogen-bond donors (Lipinski definition) is 2. The minimum absolute atomic E-state index is 0.167. The number of benzene rings is 1. The van der Waals surface area contributed by atoms with Gasteiger partial charge >= 0.3 is 0 Å². The maximum atomic E-state index is 9.87. The average Bonchev–Trinajstić information content (AvgIpc) is 2.71. The second-order valence-electron chi connectivity index (χ2n) is 5.55. The molecule has 1 fully saturated rings. The number of hydrogen-bond acceptors (Lipinski definition) is 3. The Hall–Kier alpha value is -0.420. The van der Waals surface area contributed by atoms with Gasteiger partial charge in [0.05, 0.1) is 6.61 Å². The Labute approximate surface area is 124 Å². The molecule has 1 aromatic rings. The van der Waals surface area contributed by atoms with Gasteiger partial charge in [-0.1, -0.05) is 28.1 Å². The van der Waals surface area contributed by atoms with Crippen molar-refractivity contribution >= 4 is 15.9 Å². The molecule has 0 bridgehead atoms. The van der Waals surface area contributed by atoms with Crippen molar-refractivity contribution in [2.24, 2.45) is 0 Å². The molecule has 1 heterocycles. The predicted octanol–water partition coefficient (Wildman–Crippen LogP) is 2.04. The highest BCUT2D eigenvalue weighted by molar-refractivity contribution is 9.10. The Morgan fingerprint density at radius 1 is 1.26 bits per heavy atom. The molecule has 0 aromatic heterocycles. The Bertz CT molecular complexity index is 388. The summed E-state index contributed by atoms with van der Waals surface area (Å²) in [5.41, 5.74) is 1.11. The van der Waals surface area contributed by atoms with Crippen LogP contribution in [0.3, 0.4) is 0 Å². The summed E-state index contributed by atoms with van der Waals surface area (Å²) in [6.07, 6.45) is 2.03. The van der Waals surface area contributed by atoms with Gasteiger partial charge in [-0.2, -0.15) is 0 Å². The number of rotatable bonds is 4. The van der Waals surface area contributed by atoms with Crippen LogP contribution in [-0.2, 0) is 6.42 Å². The number of nitrogens with one attached hydrogen (secondary N) is 1. The van der Waals surface area contributed by atoms with Gasteiger partial charge in [-0.05, 0) is 44.0 Å². The van der Waals surface area contributed by atoms with E-state index in [1.165, 1.54) is 5.56 Å². The van der Waals surface area contributed by atoms with E-state index in [-0.39, 0.29) is 12.1 Å². The van der Waals surface area contributed by atoms with Crippen LogP contribution in [0.25, 0.3) is 0 Å². The van der Waals surface area contributed by atoms with Crippen molar-refractivity contribution in [3.63, 3.8) is 0 Å². The third-order valence-electron chi connectivity index (χ3n) is 3.94. The normalized spacial score (nSPS) is 20.8. The molecule has 0 radical (unpaired) electrons. The summed E-state index contributed by atoms with van der Waals surface area (Å²) >= 11 is 3.46. The van der Waals surface area contributed by atoms with E-state index in [2.05, 4.69) is 57.3 Å². The molecule has 2 N–H and O–H groups in total. The number of aliphatic hydroxyl groups is 1. The van der Waals surface area contributed by atoms with Gasteiger partial charge < -0.3 is 10.4 Å². The topological polar surface area (TPSA) is 35.5 Å². The average molecular weight is 327 g/mol. The van der Waals surface area contributed by atoms with E-state index < -0.39 is 0 Å². The van der Waals surface area contributed by atoms with Gasteiger partial charge in [0.15, 0.2) is 0 Å². The van der Waals surface area contributed by atoms with E-state index in [1.807, 2.05) is 0 Å². The van der Waals surface area contributed by atoms with Crippen molar-refractivity contribution < 1.29 is 5.11 Å². The predicted molar refractivity (Wildman–Crippen MR) is 82.4 cm³/mol. The fourth-order valence-corrected chi connectivity index (χ4v) is 2.96. The first-order valence-electron chi connectivity index (χ1n) is 6.95. The summed E-state index contributed by atoms with van der Waals surface area (Å²) < 4.78 is 1.10. The quantitative estimate of drug-likeness (QED) is 0.888. The van der Waals surface area contributed by atoms with Gasteiger partial charge in [0.1, 0.15) is 0 Å². The molecule has 1 saturated heterocycles. The smallest absolute Gasteiger partial charge is 0.0616 e. The summed E-state index contributed by atoms with van der Waals surface area (Å²) in [5.74, 6) is 0. The third-order valence-corrected chi connectivity index (χ3v) is 4.47. The molecular formula is C15H23BrN2O. The zero-order chi connectivity index (χ0) is 13.7. The van der Waals surface area contributed by atoms with Gasteiger partial charge in [0, 0.05) is 29.6 Å². The van der Waals surface area contributed by atoms with Gasteiger partial charge in [-0.15, -0.1) is 0 Å². The Morgan fingerprint density at radius 3 is 2.68 bits per heavy atom. The number of nitrogens with zero attached hydrogens (tertiary/aromatic N) is 1. The third kappa shape index (κ3) is 4.02. The zero-order valence-corrected chi connectivity index (χ0v) is 13.1. The Balaban J connectivity index is 2.09. The van der Waals surface area contributed by atoms with E-state index in [1.54, 1.807) is 0 Å². The largest absolute Gasteiger partial charge is 0.394 e. The highest BCUT2D eigenvalue weighted by Crippen LogP contribution is 2.22. The van der Waals surface area contributed by atoms with Crippen LogP contribution in [0.2, 0.25) is 0 Å². The highest BCUT2D eigenvalue weighted by atomic mass is 79.9. The van der Waals surface area contributed by atoms with Crippen LogP contribution >= 0.6 is 15.9 Å². The van der Waals surface area contributed by atoms with Gasteiger partial charge in [0.2, 0.25) is 0 Å². The first kappa shape index (κ1) is 15.0. The van der Waals surface area contributed by atoms with Crippen molar-refractivity contribution in [2.45, 2.75) is 25.3 Å². The van der Waals surface area contributed by atoms with Crippen LogP contribution < -0.4 is 5.32 Å². The molecule has 1 aromatic carbocycles. The van der Waals surface area contributed by atoms with Crippen molar-refractivity contribution in [2.75, 3.05) is 32.8 Å². The lowest BCUT2D eigenvalue weighted by Gasteiger charge is -2.39. The number of aliphatic hydroxyl groups excluding tert-OH is 1. The van der Waals surface area contributed by atoms with Crippen LogP contribution in [0.15, 0.2) is 28.7 Å². The lowest BCUT2D eigenvalue weighted by molar-refractivity contribution is 0.0479. The second-order valence-corrected chi connectivity index (χ2v) is 6.46. The highest BCUT2D eigenvalue weighted by Gasteiger charge is 2.31. The molecule has 2 rings (SSSR count). The van der Waals surface area contributed by atoms with Crippen LogP contribution in [-0.4, -0.2) is 48.3 Å². The second kappa shape index (κ2) is 6.84. The molecule has 0 spiro atoms. The molecule has 0 saturated carbocycles. The fourth-order valence-electron chi connectivity index (χ4n) is 2.70. The molecule has 106 valence electrons. The van der Waals surface area contributed by atoms with Crippen molar-refractivity contribution in [3.05, 3.63) is 34.3 Å². The van der Waals surface area contributed by atoms with Gasteiger partial charge in [-0.3, -0.25) is 4.90 Å². The van der Waals surface area contributed by atoms with Crippen molar-refractivity contribution in [1.29, 1.82) is 0 Å². The maximum Gasteiger partial charge on any atom is 0.0616 e. The molecule has 1 aliphatic heterocycles. The van der Waals surface area contributed by atoms with Crippen molar-refractivity contribution in [3.8, 4) is 0 Å². The van der Waals surface area contributed by atoms with Crippen LogP contribution in [0, 0.1) is 0 Å². The Kier molecular flexibility index (Phi) is 5.39.